The molecule has 0 aromatic heterocycles. The van der Waals surface area contributed by atoms with Gasteiger partial charge in [0.2, 0.25) is 0 Å². The molecule has 0 radical (unpaired) electrons. The maximum Gasteiger partial charge on any atom is 0.401 e. The standard InChI is InChI=1S/C11H19F3N2O2/c1-16(7-11(12,13)14)9-6-10(3-2-8(9)15)17-4-5-18-10/h8-9H,2-7,15H2,1H3. The van der Waals surface area contributed by atoms with E-state index in [0.29, 0.717) is 32.5 Å². The van der Waals surface area contributed by atoms with Crippen molar-refractivity contribution in [2.45, 2.75) is 43.3 Å². The summed E-state index contributed by atoms with van der Waals surface area (Å²) in [5.74, 6) is -0.708. The van der Waals surface area contributed by atoms with Crippen molar-refractivity contribution < 1.29 is 22.6 Å². The average Bonchev–Trinajstić information content (AvgIpc) is 2.68. The van der Waals surface area contributed by atoms with Gasteiger partial charge in [-0.15, -0.1) is 0 Å². The van der Waals surface area contributed by atoms with Crippen LogP contribution in [0.1, 0.15) is 19.3 Å². The summed E-state index contributed by atoms with van der Waals surface area (Å²) in [6.07, 6.45) is -2.53. The molecule has 2 N–H and O–H groups in total. The van der Waals surface area contributed by atoms with Crippen LogP contribution >= 0.6 is 0 Å². The first kappa shape index (κ1) is 14.0. The van der Waals surface area contributed by atoms with E-state index in [1.54, 1.807) is 0 Å². The van der Waals surface area contributed by atoms with Gasteiger partial charge in [-0.05, 0) is 13.5 Å². The van der Waals surface area contributed by atoms with E-state index in [4.69, 9.17) is 15.2 Å². The summed E-state index contributed by atoms with van der Waals surface area (Å²) in [6, 6.07) is -0.630. The molecular formula is C11H19F3N2O2. The van der Waals surface area contributed by atoms with Gasteiger partial charge in [0.15, 0.2) is 5.79 Å². The van der Waals surface area contributed by atoms with Crippen LogP contribution in [-0.4, -0.2) is 55.8 Å². The van der Waals surface area contributed by atoms with Crippen LogP contribution in [0.15, 0.2) is 0 Å². The van der Waals surface area contributed by atoms with Crippen molar-refractivity contribution in [2.24, 2.45) is 5.73 Å². The Bertz CT molecular complexity index is 293. The number of rotatable bonds is 2. The first-order chi connectivity index (χ1) is 8.31. The minimum atomic E-state index is -4.21. The van der Waals surface area contributed by atoms with Crippen LogP contribution in [0, 0.1) is 0 Å². The molecule has 1 heterocycles. The molecule has 0 aromatic carbocycles. The van der Waals surface area contributed by atoms with Crippen LogP contribution in [0.25, 0.3) is 0 Å². The molecule has 4 nitrogen and oxygen atoms in total. The van der Waals surface area contributed by atoms with E-state index < -0.39 is 18.5 Å². The number of alkyl halides is 3. The average molecular weight is 268 g/mol. The number of halogens is 3. The van der Waals surface area contributed by atoms with Gasteiger partial charge in [0.1, 0.15) is 0 Å². The number of hydrogen-bond acceptors (Lipinski definition) is 4. The summed E-state index contributed by atoms with van der Waals surface area (Å²) < 4.78 is 48.3. The molecule has 18 heavy (non-hydrogen) atoms. The SMILES string of the molecule is CN(CC(F)(F)F)C1CC2(CCC1N)OCCO2. The monoisotopic (exact) mass is 268 g/mol. The highest BCUT2D eigenvalue weighted by Crippen LogP contribution is 2.37. The lowest BCUT2D eigenvalue weighted by molar-refractivity contribution is -0.200. The van der Waals surface area contributed by atoms with Crippen LogP contribution in [-0.2, 0) is 9.47 Å². The zero-order valence-corrected chi connectivity index (χ0v) is 10.4. The summed E-state index contributed by atoms with van der Waals surface area (Å²) in [7, 11) is 1.45. The normalized spacial score (nSPS) is 32.3. The lowest BCUT2D eigenvalue weighted by Crippen LogP contribution is -2.56. The van der Waals surface area contributed by atoms with Crippen LogP contribution in [0.4, 0.5) is 13.2 Å². The maximum atomic E-state index is 12.4. The number of ether oxygens (including phenoxy) is 2. The van der Waals surface area contributed by atoms with Crippen molar-refractivity contribution in [3.8, 4) is 0 Å². The lowest BCUT2D eigenvalue weighted by Gasteiger charge is -2.43. The van der Waals surface area contributed by atoms with Crippen LogP contribution in [0.2, 0.25) is 0 Å². The summed E-state index contributed by atoms with van der Waals surface area (Å²) in [6.45, 7) is 0.0529. The molecule has 2 rings (SSSR count). The molecule has 0 amide bonds. The van der Waals surface area contributed by atoms with Crippen molar-refractivity contribution in [3.63, 3.8) is 0 Å². The molecule has 1 saturated heterocycles. The quantitative estimate of drug-likeness (QED) is 0.815. The third-order valence-electron chi connectivity index (χ3n) is 3.68. The molecule has 2 unspecified atom stereocenters. The second-order valence-electron chi connectivity index (χ2n) is 5.11. The molecule has 7 heteroatoms. The van der Waals surface area contributed by atoms with Gasteiger partial charge >= 0.3 is 6.18 Å². The van der Waals surface area contributed by atoms with Gasteiger partial charge in [-0.2, -0.15) is 13.2 Å². The predicted molar refractivity (Wildman–Crippen MR) is 58.9 cm³/mol. The Morgan fingerprint density at radius 3 is 2.50 bits per heavy atom. The fourth-order valence-electron chi connectivity index (χ4n) is 2.79. The van der Waals surface area contributed by atoms with Gasteiger partial charge in [-0.1, -0.05) is 0 Å². The minimum absolute atomic E-state index is 0.268. The zero-order chi connectivity index (χ0) is 13.4. The van der Waals surface area contributed by atoms with Gasteiger partial charge in [0.05, 0.1) is 19.8 Å². The van der Waals surface area contributed by atoms with Crippen molar-refractivity contribution in [1.29, 1.82) is 0 Å². The molecular weight excluding hydrogens is 249 g/mol. The van der Waals surface area contributed by atoms with Crippen LogP contribution in [0.3, 0.4) is 0 Å². The molecule has 2 aliphatic rings. The smallest absolute Gasteiger partial charge is 0.347 e. The molecule has 2 atom stereocenters. The first-order valence-corrected chi connectivity index (χ1v) is 6.12. The van der Waals surface area contributed by atoms with Gasteiger partial charge in [-0.3, -0.25) is 4.90 Å². The summed E-state index contributed by atoms with van der Waals surface area (Å²) in [4.78, 5) is 1.26. The van der Waals surface area contributed by atoms with Gasteiger partial charge in [-0.25, -0.2) is 0 Å². The Balaban J connectivity index is 2.01. The van der Waals surface area contributed by atoms with Crippen molar-refractivity contribution in [1.82, 2.24) is 4.90 Å². The Kier molecular flexibility index (Phi) is 3.87. The minimum Gasteiger partial charge on any atom is -0.347 e. The highest BCUT2D eigenvalue weighted by atomic mass is 19.4. The molecule has 0 bridgehead atoms. The fourth-order valence-corrected chi connectivity index (χ4v) is 2.79. The highest BCUT2D eigenvalue weighted by Gasteiger charge is 2.46. The van der Waals surface area contributed by atoms with Crippen LogP contribution in [0.5, 0.6) is 0 Å². The van der Waals surface area contributed by atoms with Gasteiger partial charge in [0.25, 0.3) is 0 Å². The van der Waals surface area contributed by atoms with Gasteiger partial charge in [0, 0.05) is 24.9 Å². The third-order valence-corrected chi connectivity index (χ3v) is 3.68. The second-order valence-corrected chi connectivity index (χ2v) is 5.11. The molecule has 1 aliphatic carbocycles. The van der Waals surface area contributed by atoms with E-state index >= 15 is 0 Å². The second kappa shape index (κ2) is 4.96. The Morgan fingerprint density at radius 1 is 1.33 bits per heavy atom. The highest BCUT2D eigenvalue weighted by molar-refractivity contribution is 4.94. The van der Waals surface area contributed by atoms with E-state index in [1.807, 2.05) is 0 Å². The van der Waals surface area contributed by atoms with E-state index in [9.17, 15) is 13.2 Å². The van der Waals surface area contributed by atoms with Crippen molar-refractivity contribution >= 4 is 0 Å². The number of nitrogens with zero attached hydrogens (tertiary/aromatic N) is 1. The zero-order valence-electron chi connectivity index (χ0n) is 10.4. The third kappa shape index (κ3) is 3.14. The van der Waals surface area contributed by atoms with E-state index in [0.717, 1.165) is 0 Å². The topological polar surface area (TPSA) is 47.7 Å². The Labute approximate surface area is 104 Å². The van der Waals surface area contributed by atoms with E-state index in [1.165, 1.54) is 11.9 Å². The molecule has 2 fully saturated rings. The Hall–Kier alpha value is -0.370. The first-order valence-electron chi connectivity index (χ1n) is 6.12. The molecule has 0 aromatic rings. The summed E-state index contributed by atoms with van der Waals surface area (Å²) >= 11 is 0. The predicted octanol–water partition coefficient (Wildman–Crippen LogP) is 1.10. The van der Waals surface area contributed by atoms with E-state index in [2.05, 4.69) is 0 Å². The largest absolute Gasteiger partial charge is 0.401 e. The summed E-state index contributed by atoms with van der Waals surface area (Å²) in [5.41, 5.74) is 5.93. The van der Waals surface area contributed by atoms with Crippen LogP contribution < -0.4 is 5.73 Å². The summed E-state index contributed by atoms with van der Waals surface area (Å²) in [5, 5.41) is 0. The lowest BCUT2D eigenvalue weighted by atomic mass is 9.85. The van der Waals surface area contributed by atoms with E-state index in [-0.39, 0.29) is 12.1 Å². The molecule has 106 valence electrons. The number of hydrogen-bond donors (Lipinski definition) is 1. The van der Waals surface area contributed by atoms with Gasteiger partial charge < -0.3 is 15.2 Å². The maximum absolute atomic E-state index is 12.4. The van der Waals surface area contributed by atoms with Crippen molar-refractivity contribution in [2.75, 3.05) is 26.8 Å². The molecule has 1 aliphatic heterocycles. The number of nitrogens with two attached hydrogens (primary N) is 1. The molecule has 1 spiro atoms. The fraction of sp³-hybridized carbons (Fsp3) is 1.00. The Morgan fingerprint density at radius 2 is 1.94 bits per heavy atom. The number of likely N-dealkylation sites (N-methyl/N-ethyl adjacent to an activating group) is 1. The van der Waals surface area contributed by atoms with Crippen molar-refractivity contribution in [3.05, 3.63) is 0 Å². The molecule has 1 saturated carbocycles.